The third-order valence-corrected chi connectivity index (χ3v) is 10.5. The van der Waals surface area contributed by atoms with Crippen LogP contribution in [0.3, 0.4) is 0 Å². The average Bonchev–Trinajstić information content (AvgIpc) is 3.03. The fourth-order valence-electron chi connectivity index (χ4n) is 8.59. The summed E-state index contributed by atoms with van der Waals surface area (Å²) in [6.07, 6.45) is 14.4. The molecular formula is C27H46O2. The van der Waals surface area contributed by atoms with E-state index < -0.39 is 0 Å². The van der Waals surface area contributed by atoms with Crippen molar-refractivity contribution < 1.29 is 10.2 Å². The van der Waals surface area contributed by atoms with Gasteiger partial charge in [-0.3, -0.25) is 0 Å². The quantitative estimate of drug-likeness (QED) is 0.525. The van der Waals surface area contributed by atoms with Gasteiger partial charge in [-0.1, -0.05) is 46.3 Å². The van der Waals surface area contributed by atoms with E-state index >= 15 is 0 Å². The minimum Gasteiger partial charge on any atom is -0.393 e. The second-order valence-electron chi connectivity index (χ2n) is 12.3. The van der Waals surface area contributed by atoms with Gasteiger partial charge in [0.25, 0.3) is 0 Å². The lowest BCUT2D eigenvalue weighted by molar-refractivity contribution is -0.0579. The Morgan fingerprint density at radius 3 is 2.48 bits per heavy atom. The van der Waals surface area contributed by atoms with Gasteiger partial charge in [0, 0.05) is 0 Å². The first kappa shape index (κ1) is 21.9. The van der Waals surface area contributed by atoms with E-state index in [2.05, 4.69) is 40.7 Å². The van der Waals surface area contributed by atoms with E-state index in [0.29, 0.717) is 16.7 Å². The van der Waals surface area contributed by atoms with Crippen LogP contribution in [0.4, 0.5) is 0 Å². The number of aliphatic hydroxyl groups excluding tert-OH is 2. The maximum Gasteiger partial charge on any atom is 0.0577 e. The van der Waals surface area contributed by atoms with Crippen LogP contribution in [-0.4, -0.2) is 22.4 Å². The summed E-state index contributed by atoms with van der Waals surface area (Å²) in [5.74, 6) is 4.51. The van der Waals surface area contributed by atoms with Crippen LogP contribution in [0, 0.1) is 46.3 Å². The molecule has 0 aromatic rings. The Labute approximate surface area is 179 Å². The molecule has 0 aliphatic heterocycles. The van der Waals surface area contributed by atoms with Gasteiger partial charge in [0.2, 0.25) is 0 Å². The predicted molar refractivity (Wildman–Crippen MR) is 120 cm³/mol. The fourth-order valence-corrected chi connectivity index (χ4v) is 8.59. The molecule has 3 saturated carbocycles. The van der Waals surface area contributed by atoms with Gasteiger partial charge >= 0.3 is 0 Å². The molecule has 0 spiro atoms. The number of rotatable bonds is 5. The number of hydrogen-bond donors (Lipinski definition) is 2. The highest BCUT2D eigenvalue weighted by Crippen LogP contribution is 2.67. The van der Waals surface area contributed by atoms with Gasteiger partial charge in [-0.15, -0.1) is 0 Å². The van der Waals surface area contributed by atoms with Crippen molar-refractivity contribution in [3.63, 3.8) is 0 Å². The van der Waals surface area contributed by atoms with Gasteiger partial charge in [0.1, 0.15) is 0 Å². The van der Waals surface area contributed by atoms with E-state index in [-0.39, 0.29) is 12.2 Å². The Morgan fingerprint density at radius 2 is 1.76 bits per heavy atom. The molecule has 0 aromatic heterocycles. The molecule has 0 amide bonds. The summed E-state index contributed by atoms with van der Waals surface area (Å²) < 4.78 is 0. The third kappa shape index (κ3) is 3.65. The van der Waals surface area contributed by atoms with Gasteiger partial charge in [-0.05, 0) is 111 Å². The van der Waals surface area contributed by atoms with Gasteiger partial charge in [-0.25, -0.2) is 0 Å². The van der Waals surface area contributed by atoms with Crippen LogP contribution < -0.4 is 0 Å². The second-order valence-corrected chi connectivity index (χ2v) is 12.3. The smallest absolute Gasteiger partial charge is 0.0577 e. The lowest BCUT2D eigenvalue weighted by Gasteiger charge is -2.58. The maximum atomic E-state index is 10.3. The molecule has 0 aromatic carbocycles. The van der Waals surface area contributed by atoms with Crippen molar-refractivity contribution in [3.8, 4) is 0 Å². The molecule has 4 rings (SSSR count). The molecule has 3 fully saturated rings. The Morgan fingerprint density at radius 1 is 1.00 bits per heavy atom. The summed E-state index contributed by atoms with van der Waals surface area (Å²) in [5.41, 5.74) is 2.44. The summed E-state index contributed by atoms with van der Waals surface area (Å²) in [4.78, 5) is 0. The molecule has 2 N–H and O–H groups in total. The van der Waals surface area contributed by atoms with E-state index in [9.17, 15) is 10.2 Å². The van der Waals surface area contributed by atoms with Gasteiger partial charge in [0.15, 0.2) is 0 Å². The summed E-state index contributed by atoms with van der Waals surface area (Å²) >= 11 is 0. The summed E-state index contributed by atoms with van der Waals surface area (Å²) in [7, 11) is 0. The number of aliphatic hydroxyl groups is 2. The molecule has 0 radical (unpaired) electrons. The van der Waals surface area contributed by atoms with Crippen molar-refractivity contribution in [1.82, 2.24) is 0 Å². The van der Waals surface area contributed by atoms with Gasteiger partial charge in [0.05, 0.1) is 12.2 Å². The minimum atomic E-state index is -0.137. The average molecular weight is 403 g/mol. The largest absolute Gasteiger partial charge is 0.393 e. The molecule has 2 nitrogen and oxygen atoms in total. The van der Waals surface area contributed by atoms with Crippen molar-refractivity contribution in [2.45, 2.75) is 111 Å². The first-order chi connectivity index (χ1) is 13.7. The van der Waals surface area contributed by atoms with Gasteiger partial charge < -0.3 is 10.2 Å². The summed E-state index contributed by atoms with van der Waals surface area (Å²) in [5, 5.41) is 20.5. The van der Waals surface area contributed by atoms with Gasteiger partial charge in [-0.2, -0.15) is 0 Å². The molecule has 4 aliphatic rings. The molecule has 0 heterocycles. The van der Waals surface area contributed by atoms with Crippen LogP contribution in [0.2, 0.25) is 0 Å². The molecule has 9 atom stereocenters. The lowest BCUT2D eigenvalue weighted by Crippen LogP contribution is -2.50. The van der Waals surface area contributed by atoms with E-state index in [1.807, 2.05) is 0 Å². The fraction of sp³-hybridized carbons (Fsp3) is 0.926. The summed E-state index contributed by atoms with van der Waals surface area (Å²) in [6, 6.07) is 0. The SMILES string of the molecule is CC(C)C(O)CCC(C)C1CCC2C3CC=C4C[C@@H](O)CC[C@]4(C)C3CC[C@]12C. The molecule has 0 saturated heterocycles. The van der Waals surface area contributed by atoms with Crippen LogP contribution in [-0.2, 0) is 0 Å². The van der Waals surface area contributed by atoms with E-state index in [0.717, 1.165) is 48.9 Å². The highest BCUT2D eigenvalue weighted by Gasteiger charge is 2.59. The Balaban J connectivity index is 1.49. The normalized spacial score (nSPS) is 46.5. The topological polar surface area (TPSA) is 40.5 Å². The van der Waals surface area contributed by atoms with Crippen molar-refractivity contribution in [3.05, 3.63) is 11.6 Å². The van der Waals surface area contributed by atoms with Crippen molar-refractivity contribution in [1.29, 1.82) is 0 Å². The highest BCUT2D eigenvalue weighted by molar-refractivity contribution is 5.25. The Hall–Kier alpha value is -0.340. The molecule has 29 heavy (non-hydrogen) atoms. The predicted octanol–water partition coefficient (Wildman–Crippen LogP) is 6.36. The molecule has 4 aliphatic carbocycles. The lowest BCUT2D eigenvalue weighted by atomic mass is 9.47. The standard InChI is InChI=1S/C27H46O2/c1-17(2)25(29)11-6-18(3)22-9-10-23-21-8-7-19-16-20(28)12-14-26(19,4)24(21)13-15-27(22,23)5/h7,17-18,20-25,28-29H,6,8-16H2,1-5H3/t18?,20-,21?,22?,23?,24?,25?,26-,27+/m0/s1. The highest BCUT2D eigenvalue weighted by atomic mass is 16.3. The van der Waals surface area contributed by atoms with Crippen LogP contribution >= 0.6 is 0 Å². The van der Waals surface area contributed by atoms with Crippen LogP contribution in [0.25, 0.3) is 0 Å². The Kier molecular flexibility index (Phi) is 6.01. The van der Waals surface area contributed by atoms with E-state index in [1.165, 1.54) is 44.9 Å². The minimum absolute atomic E-state index is 0.0994. The molecule has 2 heteroatoms. The van der Waals surface area contributed by atoms with Crippen molar-refractivity contribution in [2.24, 2.45) is 46.3 Å². The number of hydrogen-bond acceptors (Lipinski definition) is 2. The number of allylic oxidation sites excluding steroid dienone is 1. The van der Waals surface area contributed by atoms with Crippen LogP contribution in [0.1, 0.15) is 98.8 Å². The second kappa shape index (κ2) is 7.97. The van der Waals surface area contributed by atoms with Crippen LogP contribution in [0.15, 0.2) is 11.6 Å². The zero-order chi connectivity index (χ0) is 21.0. The zero-order valence-electron chi connectivity index (χ0n) is 19.7. The van der Waals surface area contributed by atoms with Crippen molar-refractivity contribution >= 4 is 0 Å². The monoisotopic (exact) mass is 402 g/mol. The molecule has 0 bridgehead atoms. The summed E-state index contributed by atoms with van der Waals surface area (Å²) in [6.45, 7) is 11.9. The van der Waals surface area contributed by atoms with E-state index in [1.54, 1.807) is 5.57 Å². The molecular weight excluding hydrogens is 356 g/mol. The van der Waals surface area contributed by atoms with Crippen LogP contribution in [0.5, 0.6) is 0 Å². The maximum absolute atomic E-state index is 10.3. The first-order valence-corrected chi connectivity index (χ1v) is 12.7. The van der Waals surface area contributed by atoms with E-state index in [4.69, 9.17) is 0 Å². The molecule has 166 valence electrons. The number of fused-ring (bicyclic) bond motifs is 5. The zero-order valence-corrected chi connectivity index (χ0v) is 19.7. The third-order valence-electron chi connectivity index (χ3n) is 10.5. The Bertz CT molecular complexity index is 624. The van der Waals surface area contributed by atoms with Crippen molar-refractivity contribution in [2.75, 3.05) is 0 Å². The molecule has 6 unspecified atom stereocenters. The first-order valence-electron chi connectivity index (χ1n) is 12.7.